The number of nitrogens with one attached hydrogen (secondary N) is 1. The molecule has 2 rings (SSSR count). The van der Waals surface area contributed by atoms with Crippen LogP contribution in [0.2, 0.25) is 0 Å². The molecule has 0 aromatic heterocycles. The van der Waals surface area contributed by atoms with Crippen LogP contribution in [0.15, 0.2) is 42.5 Å². The van der Waals surface area contributed by atoms with Gasteiger partial charge in [-0.15, -0.1) is 0 Å². The van der Waals surface area contributed by atoms with Gasteiger partial charge in [-0.25, -0.2) is 0 Å². The van der Waals surface area contributed by atoms with Crippen molar-refractivity contribution >= 4 is 5.84 Å². The molecule has 0 amide bonds. The van der Waals surface area contributed by atoms with E-state index < -0.39 is 0 Å². The second-order valence-corrected chi connectivity index (χ2v) is 6.41. The van der Waals surface area contributed by atoms with Gasteiger partial charge in [0.05, 0.1) is 11.1 Å². The van der Waals surface area contributed by atoms with Crippen LogP contribution in [-0.4, -0.2) is 5.84 Å². The number of nitrogens with two attached hydrogens (primary N) is 1. The van der Waals surface area contributed by atoms with E-state index in [1.807, 2.05) is 57.2 Å². The highest BCUT2D eigenvalue weighted by Crippen LogP contribution is 2.34. The zero-order chi connectivity index (χ0) is 17.0. The van der Waals surface area contributed by atoms with Gasteiger partial charge < -0.3 is 10.5 Å². The average molecular weight is 307 g/mol. The number of hydrogen-bond acceptors (Lipinski definition) is 3. The van der Waals surface area contributed by atoms with Crippen LogP contribution in [0, 0.1) is 16.7 Å². The van der Waals surface area contributed by atoms with Gasteiger partial charge in [-0.2, -0.15) is 5.26 Å². The Morgan fingerprint density at radius 2 is 1.83 bits per heavy atom. The first-order chi connectivity index (χ1) is 10.8. The van der Waals surface area contributed by atoms with Crippen molar-refractivity contribution in [2.24, 2.45) is 5.73 Å². The van der Waals surface area contributed by atoms with Crippen LogP contribution < -0.4 is 10.5 Å². The van der Waals surface area contributed by atoms with Crippen LogP contribution in [0.1, 0.15) is 43.0 Å². The van der Waals surface area contributed by atoms with Gasteiger partial charge in [0.15, 0.2) is 0 Å². The molecule has 2 aromatic carbocycles. The summed E-state index contributed by atoms with van der Waals surface area (Å²) in [4.78, 5) is 0. The smallest absolute Gasteiger partial charge is 0.148 e. The molecule has 0 spiro atoms. The van der Waals surface area contributed by atoms with E-state index >= 15 is 0 Å². The molecular weight excluding hydrogens is 286 g/mol. The van der Waals surface area contributed by atoms with E-state index in [4.69, 9.17) is 15.9 Å². The van der Waals surface area contributed by atoms with Crippen molar-refractivity contribution in [1.82, 2.24) is 0 Å². The molecule has 0 fully saturated rings. The Balaban J connectivity index is 2.50. The van der Waals surface area contributed by atoms with Gasteiger partial charge in [-0.3, -0.25) is 5.41 Å². The summed E-state index contributed by atoms with van der Waals surface area (Å²) in [5.41, 5.74) is 8.23. The normalized spacial score (nSPS) is 10.9. The van der Waals surface area contributed by atoms with Crippen molar-refractivity contribution in [3.05, 3.63) is 64.7 Å². The molecule has 4 nitrogen and oxygen atoms in total. The molecule has 0 aliphatic heterocycles. The first-order valence-electron chi connectivity index (χ1n) is 7.43. The van der Waals surface area contributed by atoms with Crippen molar-refractivity contribution < 1.29 is 4.74 Å². The highest BCUT2D eigenvalue weighted by Gasteiger charge is 2.24. The Morgan fingerprint density at radius 3 is 2.35 bits per heavy atom. The second-order valence-electron chi connectivity index (χ2n) is 6.41. The maximum atomic E-state index is 9.62. The van der Waals surface area contributed by atoms with E-state index in [1.54, 1.807) is 6.07 Å². The molecule has 0 saturated heterocycles. The van der Waals surface area contributed by atoms with Gasteiger partial charge in [-0.1, -0.05) is 57.2 Å². The molecule has 2 aromatic rings. The maximum Gasteiger partial charge on any atom is 0.148 e. The van der Waals surface area contributed by atoms with Crippen LogP contribution in [0.4, 0.5) is 0 Å². The van der Waals surface area contributed by atoms with Crippen molar-refractivity contribution in [2.45, 2.75) is 32.8 Å². The number of amidine groups is 1. The first kappa shape index (κ1) is 16.6. The van der Waals surface area contributed by atoms with Crippen LogP contribution in [0.3, 0.4) is 0 Å². The lowest BCUT2D eigenvalue weighted by Crippen LogP contribution is -2.18. The Bertz CT molecular complexity index is 753. The Morgan fingerprint density at radius 1 is 1.17 bits per heavy atom. The predicted octanol–water partition coefficient (Wildman–Crippen LogP) is 3.72. The quantitative estimate of drug-likeness (QED) is 0.667. The number of nitriles is 1. The Kier molecular flexibility index (Phi) is 4.71. The maximum absolute atomic E-state index is 9.62. The number of benzene rings is 2. The molecule has 0 unspecified atom stereocenters. The number of ether oxygens (including phenoxy) is 1. The van der Waals surface area contributed by atoms with E-state index in [0.29, 0.717) is 23.5 Å². The minimum absolute atomic E-state index is 0.106. The summed E-state index contributed by atoms with van der Waals surface area (Å²) >= 11 is 0. The predicted molar refractivity (Wildman–Crippen MR) is 91.6 cm³/mol. The number of rotatable bonds is 4. The van der Waals surface area contributed by atoms with Gasteiger partial charge in [0, 0.05) is 0 Å². The summed E-state index contributed by atoms with van der Waals surface area (Å²) in [5.74, 6) is 0.279. The fourth-order valence-corrected chi connectivity index (χ4v) is 2.41. The highest BCUT2D eigenvalue weighted by atomic mass is 16.5. The summed E-state index contributed by atoms with van der Waals surface area (Å²) < 4.78 is 5.90. The molecule has 23 heavy (non-hydrogen) atoms. The topological polar surface area (TPSA) is 82.9 Å². The molecule has 3 N–H and O–H groups in total. The zero-order valence-electron chi connectivity index (χ0n) is 13.7. The number of hydrogen-bond donors (Lipinski definition) is 2. The van der Waals surface area contributed by atoms with Gasteiger partial charge in [0.1, 0.15) is 24.3 Å². The third-order valence-electron chi connectivity index (χ3n) is 3.59. The minimum Gasteiger partial charge on any atom is -0.487 e. The standard InChI is InChI=1S/C19H21N3O/c1-19(2,3)16-10-9-14(18(21)22)17(15(16)11-20)23-12-13-7-5-4-6-8-13/h4-10H,12H2,1-3H3,(H3,21,22). The summed E-state index contributed by atoms with van der Waals surface area (Å²) in [6.07, 6.45) is 0. The average Bonchev–Trinajstić information content (AvgIpc) is 2.51. The Labute approximate surface area is 137 Å². The largest absolute Gasteiger partial charge is 0.487 e. The molecule has 0 radical (unpaired) electrons. The molecule has 4 heteroatoms. The third kappa shape index (κ3) is 3.70. The van der Waals surface area contributed by atoms with E-state index in [2.05, 4.69) is 6.07 Å². The van der Waals surface area contributed by atoms with E-state index in [0.717, 1.165) is 11.1 Å². The highest BCUT2D eigenvalue weighted by molar-refractivity contribution is 5.98. The SMILES string of the molecule is CC(C)(C)c1ccc(C(=N)N)c(OCc2ccccc2)c1C#N. The van der Waals surface area contributed by atoms with Crippen molar-refractivity contribution in [2.75, 3.05) is 0 Å². The van der Waals surface area contributed by atoms with Crippen molar-refractivity contribution in [3.8, 4) is 11.8 Å². The van der Waals surface area contributed by atoms with E-state index in [1.165, 1.54) is 0 Å². The summed E-state index contributed by atoms with van der Waals surface area (Å²) in [7, 11) is 0. The van der Waals surface area contributed by atoms with Gasteiger partial charge in [0.25, 0.3) is 0 Å². The molecular formula is C19H21N3O. The second kappa shape index (κ2) is 6.53. The van der Waals surface area contributed by atoms with Gasteiger partial charge in [-0.05, 0) is 22.6 Å². The van der Waals surface area contributed by atoms with Gasteiger partial charge in [0.2, 0.25) is 0 Å². The zero-order valence-corrected chi connectivity index (χ0v) is 13.7. The van der Waals surface area contributed by atoms with Crippen molar-refractivity contribution in [1.29, 1.82) is 10.7 Å². The monoisotopic (exact) mass is 307 g/mol. The number of nitrogens with zero attached hydrogens (tertiary/aromatic N) is 1. The van der Waals surface area contributed by atoms with Crippen LogP contribution >= 0.6 is 0 Å². The molecule has 0 aliphatic rings. The fraction of sp³-hybridized carbons (Fsp3) is 0.263. The Hall–Kier alpha value is -2.80. The lowest BCUT2D eigenvalue weighted by Gasteiger charge is -2.23. The van der Waals surface area contributed by atoms with E-state index in [-0.39, 0.29) is 11.3 Å². The lowest BCUT2D eigenvalue weighted by molar-refractivity contribution is 0.303. The molecule has 118 valence electrons. The van der Waals surface area contributed by atoms with Crippen LogP contribution in [0.5, 0.6) is 5.75 Å². The minimum atomic E-state index is -0.203. The van der Waals surface area contributed by atoms with Crippen molar-refractivity contribution in [3.63, 3.8) is 0 Å². The third-order valence-corrected chi connectivity index (χ3v) is 3.59. The molecule has 0 heterocycles. The number of nitrogen functional groups attached to an aromatic ring is 1. The lowest BCUT2D eigenvalue weighted by atomic mass is 9.83. The molecule has 0 atom stereocenters. The van der Waals surface area contributed by atoms with Gasteiger partial charge >= 0.3 is 0 Å². The van der Waals surface area contributed by atoms with Crippen LogP contribution in [-0.2, 0) is 12.0 Å². The first-order valence-corrected chi connectivity index (χ1v) is 7.43. The summed E-state index contributed by atoms with van der Waals surface area (Å²) in [6.45, 7) is 6.44. The van der Waals surface area contributed by atoms with Crippen LogP contribution in [0.25, 0.3) is 0 Å². The van der Waals surface area contributed by atoms with E-state index in [9.17, 15) is 5.26 Å². The molecule has 0 saturated carbocycles. The summed E-state index contributed by atoms with van der Waals surface area (Å²) in [6, 6.07) is 15.5. The molecule has 0 aliphatic carbocycles. The molecule has 0 bridgehead atoms. The fourth-order valence-electron chi connectivity index (χ4n) is 2.41. The summed E-state index contributed by atoms with van der Waals surface area (Å²) in [5, 5.41) is 17.4.